The largest absolute Gasteiger partial charge is 0.423 e. The van der Waals surface area contributed by atoms with E-state index in [-0.39, 0.29) is 5.75 Å². The molecule has 0 spiro atoms. The zero-order valence-corrected chi connectivity index (χ0v) is 18.8. The summed E-state index contributed by atoms with van der Waals surface area (Å²) < 4.78 is 5.12. The molecule has 7 nitrogen and oxygen atoms in total. The van der Waals surface area contributed by atoms with Gasteiger partial charge in [0, 0.05) is 40.9 Å². The van der Waals surface area contributed by atoms with Gasteiger partial charge in [-0.15, -0.1) is 0 Å². The first-order valence-corrected chi connectivity index (χ1v) is 10.4. The van der Waals surface area contributed by atoms with Crippen LogP contribution in [0.4, 0.5) is 0 Å². The van der Waals surface area contributed by atoms with Crippen molar-refractivity contribution in [3.8, 4) is 5.75 Å². The minimum Gasteiger partial charge on any atom is -0.423 e. The third-order valence-corrected chi connectivity index (χ3v) is 5.66. The number of carbonyl (C=O) groups excluding carboxylic acids is 2. The van der Waals surface area contributed by atoms with Gasteiger partial charge in [0.25, 0.3) is 0 Å². The van der Waals surface area contributed by atoms with E-state index < -0.39 is 11.6 Å². The van der Waals surface area contributed by atoms with Crippen molar-refractivity contribution in [3.63, 3.8) is 0 Å². The quantitative estimate of drug-likeness (QED) is 0.196. The number of aromatic amines is 1. The molecule has 0 aliphatic heterocycles. The molecule has 0 saturated heterocycles. The minimum absolute atomic E-state index is 0.224. The summed E-state index contributed by atoms with van der Waals surface area (Å²) in [5.74, 6) is -0.430. The standard InChI is InChI=1S/C26H23NO6/c1-14-9-15(2)21(13-28)19(10-14)11-22-16(3)25(17(4)27-22)26(30)33-32-20-7-5-18-6-8-24(29)31-23(18)12-20/h5-10,12-13,27H,11H2,1-4H3. The molecule has 0 saturated carbocycles. The lowest BCUT2D eigenvalue weighted by Crippen LogP contribution is -2.10. The van der Waals surface area contributed by atoms with E-state index in [1.165, 1.54) is 12.1 Å². The van der Waals surface area contributed by atoms with Crippen LogP contribution in [-0.2, 0) is 11.3 Å². The fourth-order valence-corrected chi connectivity index (χ4v) is 4.09. The van der Waals surface area contributed by atoms with Crippen molar-refractivity contribution in [2.45, 2.75) is 34.1 Å². The van der Waals surface area contributed by atoms with Gasteiger partial charge in [-0.25, -0.2) is 14.5 Å². The average Bonchev–Trinajstić information content (AvgIpc) is 3.04. The highest BCUT2D eigenvalue weighted by atomic mass is 17.2. The zero-order valence-electron chi connectivity index (χ0n) is 18.8. The molecule has 0 amide bonds. The van der Waals surface area contributed by atoms with Gasteiger partial charge in [-0.1, -0.05) is 17.7 Å². The first kappa shape index (κ1) is 22.1. The van der Waals surface area contributed by atoms with Gasteiger partial charge in [0.1, 0.15) is 5.58 Å². The van der Waals surface area contributed by atoms with Crippen LogP contribution in [0.5, 0.6) is 5.75 Å². The molecule has 33 heavy (non-hydrogen) atoms. The van der Waals surface area contributed by atoms with Crippen molar-refractivity contribution in [2.75, 3.05) is 0 Å². The molecule has 0 bridgehead atoms. The first-order valence-electron chi connectivity index (χ1n) is 10.4. The fraction of sp³-hybridized carbons (Fsp3) is 0.192. The Labute approximate surface area is 189 Å². The highest BCUT2D eigenvalue weighted by Crippen LogP contribution is 2.25. The lowest BCUT2D eigenvalue weighted by molar-refractivity contribution is -0.149. The monoisotopic (exact) mass is 445 g/mol. The van der Waals surface area contributed by atoms with Crippen LogP contribution in [0, 0.1) is 27.7 Å². The van der Waals surface area contributed by atoms with Crippen LogP contribution in [0.25, 0.3) is 11.0 Å². The molecule has 2 aromatic carbocycles. The van der Waals surface area contributed by atoms with Crippen molar-refractivity contribution in [1.82, 2.24) is 4.98 Å². The molecule has 0 unspecified atom stereocenters. The van der Waals surface area contributed by atoms with E-state index in [4.69, 9.17) is 14.2 Å². The van der Waals surface area contributed by atoms with Gasteiger partial charge in [0.15, 0.2) is 12.0 Å². The van der Waals surface area contributed by atoms with E-state index in [9.17, 15) is 14.4 Å². The highest BCUT2D eigenvalue weighted by Gasteiger charge is 2.22. The summed E-state index contributed by atoms with van der Waals surface area (Å²) in [6.45, 7) is 7.49. The Balaban J connectivity index is 1.55. The molecule has 0 radical (unpaired) electrons. The number of nitrogens with one attached hydrogen (secondary N) is 1. The Hall–Kier alpha value is -4.13. The van der Waals surface area contributed by atoms with Crippen LogP contribution < -0.4 is 10.5 Å². The second-order valence-corrected chi connectivity index (χ2v) is 8.09. The summed E-state index contributed by atoms with van der Waals surface area (Å²) >= 11 is 0. The lowest BCUT2D eigenvalue weighted by atomic mass is 9.95. The number of aldehydes is 1. The molecule has 4 rings (SSSR count). The van der Waals surface area contributed by atoms with E-state index in [0.29, 0.717) is 28.8 Å². The molecule has 0 aliphatic rings. The Morgan fingerprint density at radius 1 is 1.06 bits per heavy atom. The molecule has 0 fully saturated rings. The maximum atomic E-state index is 12.8. The number of aryl methyl sites for hydroxylation is 3. The number of carbonyl (C=O) groups is 2. The van der Waals surface area contributed by atoms with Gasteiger partial charge in [-0.3, -0.25) is 9.68 Å². The van der Waals surface area contributed by atoms with Crippen molar-refractivity contribution < 1.29 is 23.8 Å². The van der Waals surface area contributed by atoms with Gasteiger partial charge in [0.05, 0.1) is 5.56 Å². The van der Waals surface area contributed by atoms with Crippen molar-refractivity contribution >= 4 is 23.2 Å². The molecule has 168 valence electrons. The Bertz CT molecular complexity index is 1440. The predicted molar refractivity (Wildman–Crippen MR) is 123 cm³/mol. The maximum absolute atomic E-state index is 12.8. The van der Waals surface area contributed by atoms with Gasteiger partial charge in [0.2, 0.25) is 0 Å². The van der Waals surface area contributed by atoms with E-state index in [1.54, 1.807) is 25.1 Å². The SMILES string of the molecule is Cc1cc(C)c(C=O)c(Cc2[nH]c(C)c(C(=O)OOc3ccc4ccc(=O)oc4c3)c2C)c1. The number of hydrogen-bond donors (Lipinski definition) is 1. The second kappa shape index (κ2) is 8.78. The highest BCUT2D eigenvalue weighted by molar-refractivity contribution is 5.92. The first-order chi connectivity index (χ1) is 15.8. The van der Waals surface area contributed by atoms with Crippen LogP contribution in [0.15, 0.2) is 51.7 Å². The Morgan fingerprint density at radius 3 is 2.58 bits per heavy atom. The summed E-state index contributed by atoms with van der Waals surface area (Å²) in [7, 11) is 0. The van der Waals surface area contributed by atoms with Gasteiger partial charge in [-0.2, -0.15) is 0 Å². The topological polar surface area (TPSA) is 98.6 Å². The summed E-state index contributed by atoms with van der Waals surface area (Å²) in [6.07, 6.45) is 1.34. The maximum Gasteiger partial charge on any atom is 0.388 e. The van der Waals surface area contributed by atoms with Gasteiger partial charge in [-0.05, 0) is 62.6 Å². The summed E-state index contributed by atoms with van der Waals surface area (Å²) in [4.78, 5) is 49.3. The fourth-order valence-electron chi connectivity index (χ4n) is 4.09. The number of benzene rings is 2. The van der Waals surface area contributed by atoms with Crippen molar-refractivity contribution in [2.24, 2.45) is 0 Å². The number of H-pyrrole nitrogens is 1. The van der Waals surface area contributed by atoms with Gasteiger partial charge < -0.3 is 9.40 Å². The predicted octanol–water partition coefficient (Wildman–Crippen LogP) is 4.91. The van der Waals surface area contributed by atoms with Crippen LogP contribution >= 0.6 is 0 Å². The lowest BCUT2D eigenvalue weighted by Gasteiger charge is -2.10. The van der Waals surface area contributed by atoms with Gasteiger partial charge >= 0.3 is 11.6 Å². The number of hydrogen-bond acceptors (Lipinski definition) is 6. The molecule has 2 heterocycles. The third-order valence-electron chi connectivity index (χ3n) is 5.66. The smallest absolute Gasteiger partial charge is 0.388 e. The number of rotatable bonds is 6. The Kier molecular flexibility index (Phi) is 5.87. The van der Waals surface area contributed by atoms with Crippen molar-refractivity contribution in [1.29, 1.82) is 0 Å². The number of fused-ring (bicyclic) bond motifs is 1. The minimum atomic E-state index is -0.654. The van der Waals surface area contributed by atoms with Crippen LogP contribution in [-0.4, -0.2) is 17.2 Å². The molecule has 0 aliphatic carbocycles. The average molecular weight is 445 g/mol. The van der Waals surface area contributed by atoms with Crippen LogP contribution in [0.1, 0.15) is 54.4 Å². The normalized spacial score (nSPS) is 10.9. The second-order valence-electron chi connectivity index (χ2n) is 8.09. The molecule has 4 aromatic rings. The van der Waals surface area contributed by atoms with E-state index in [2.05, 4.69) is 4.98 Å². The Morgan fingerprint density at radius 2 is 1.82 bits per heavy atom. The summed E-state index contributed by atoms with van der Waals surface area (Å²) in [5, 5.41) is 0.719. The molecule has 0 atom stereocenters. The van der Waals surface area contributed by atoms with E-state index in [1.807, 2.05) is 32.9 Å². The van der Waals surface area contributed by atoms with Crippen molar-refractivity contribution in [3.05, 3.63) is 97.7 Å². The molecule has 7 heteroatoms. The van der Waals surface area contributed by atoms with E-state index >= 15 is 0 Å². The summed E-state index contributed by atoms with van der Waals surface area (Å²) in [6, 6.07) is 11.7. The molecular weight excluding hydrogens is 422 g/mol. The molecule has 1 N–H and O–H groups in total. The number of aromatic nitrogens is 1. The van der Waals surface area contributed by atoms with E-state index in [0.717, 1.165) is 39.6 Å². The molecule has 2 aromatic heterocycles. The summed E-state index contributed by atoms with van der Waals surface area (Å²) in [5.41, 5.74) is 5.92. The van der Waals surface area contributed by atoms with Crippen LogP contribution in [0.2, 0.25) is 0 Å². The molecular formula is C26H23NO6. The zero-order chi connectivity index (χ0) is 23.7. The third kappa shape index (κ3) is 4.43. The van der Waals surface area contributed by atoms with Crippen LogP contribution in [0.3, 0.4) is 0 Å².